The molecule has 5 heteroatoms. The number of esters is 1. The van der Waals surface area contributed by atoms with Gasteiger partial charge in [-0.1, -0.05) is 25.8 Å². The van der Waals surface area contributed by atoms with E-state index < -0.39 is 0 Å². The largest absolute Gasteiger partial charge is 0.459 e. The van der Waals surface area contributed by atoms with Crippen LogP contribution in [0.1, 0.15) is 45.7 Å². The second kappa shape index (κ2) is 7.16. The number of hydrogen-bond acceptors (Lipinski definition) is 5. The zero-order chi connectivity index (χ0) is 13.5. The van der Waals surface area contributed by atoms with Crippen LogP contribution in [0.5, 0.6) is 0 Å². The van der Waals surface area contributed by atoms with Gasteiger partial charge in [0.25, 0.3) is 0 Å². The van der Waals surface area contributed by atoms with Gasteiger partial charge in [-0.3, -0.25) is 0 Å². The maximum absolute atomic E-state index is 12.0. The minimum absolute atomic E-state index is 0.136. The average Bonchev–Trinajstić information content (AvgIpc) is 2.70. The summed E-state index contributed by atoms with van der Waals surface area (Å²) in [5.74, 6) is -0.327. The third-order valence-corrected chi connectivity index (χ3v) is 2.94. The maximum Gasteiger partial charge on any atom is 0.340 e. The lowest BCUT2D eigenvalue weighted by Gasteiger charge is -2.09. The third kappa shape index (κ3) is 4.49. The first-order chi connectivity index (χ1) is 8.54. The van der Waals surface area contributed by atoms with Gasteiger partial charge in [-0.15, -0.1) is 11.3 Å². The molecule has 0 spiro atoms. The Morgan fingerprint density at radius 2 is 2.33 bits per heavy atom. The van der Waals surface area contributed by atoms with Gasteiger partial charge in [0, 0.05) is 5.38 Å². The number of nitrogens with two attached hydrogens (primary N) is 1. The quantitative estimate of drug-likeness (QED) is 0.488. The van der Waals surface area contributed by atoms with Crippen LogP contribution in [-0.4, -0.2) is 17.1 Å². The summed E-state index contributed by atoms with van der Waals surface area (Å²) in [7, 11) is 0. The van der Waals surface area contributed by atoms with E-state index >= 15 is 0 Å². The molecule has 0 fully saturated rings. The third-order valence-electron chi connectivity index (χ3n) is 2.27. The van der Waals surface area contributed by atoms with Gasteiger partial charge in [0.15, 0.2) is 5.13 Å². The molecule has 0 saturated heterocycles. The number of carbonyl (C=O) groups excluding carboxylic acids is 1. The van der Waals surface area contributed by atoms with Gasteiger partial charge in [0.2, 0.25) is 0 Å². The number of thiazole rings is 1. The van der Waals surface area contributed by atoms with Gasteiger partial charge in [-0.25, -0.2) is 9.78 Å². The molecule has 2 N–H and O–H groups in total. The van der Waals surface area contributed by atoms with Crippen LogP contribution in [0.3, 0.4) is 0 Å². The van der Waals surface area contributed by atoms with Crippen LogP contribution in [0.25, 0.3) is 5.57 Å². The summed E-state index contributed by atoms with van der Waals surface area (Å²) < 4.78 is 5.22. The fourth-order valence-electron chi connectivity index (χ4n) is 1.43. The second-order valence-electron chi connectivity index (χ2n) is 4.29. The molecule has 0 aliphatic carbocycles. The molecule has 0 radical (unpaired) electrons. The summed E-state index contributed by atoms with van der Waals surface area (Å²) in [6.07, 6.45) is 4.72. The van der Waals surface area contributed by atoms with Crippen LogP contribution >= 0.6 is 11.3 Å². The van der Waals surface area contributed by atoms with Crippen molar-refractivity contribution in [3.63, 3.8) is 0 Å². The van der Waals surface area contributed by atoms with Crippen molar-refractivity contribution >= 4 is 28.0 Å². The molecule has 18 heavy (non-hydrogen) atoms. The normalized spacial score (nSPS) is 11.9. The van der Waals surface area contributed by atoms with Crippen LogP contribution in [0.4, 0.5) is 5.13 Å². The van der Waals surface area contributed by atoms with E-state index in [1.54, 1.807) is 5.38 Å². The zero-order valence-corrected chi connectivity index (χ0v) is 11.9. The first-order valence-corrected chi connectivity index (χ1v) is 7.05. The van der Waals surface area contributed by atoms with Gasteiger partial charge in [0.1, 0.15) is 0 Å². The van der Waals surface area contributed by atoms with E-state index in [4.69, 9.17) is 10.5 Å². The fourth-order valence-corrected chi connectivity index (χ4v) is 1.99. The smallest absolute Gasteiger partial charge is 0.340 e. The fraction of sp³-hybridized carbons (Fsp3) is 0.538. The van der Waals surface area contributed by atoms with Crippen molar-refractivity contribution in [3.8, 4) is 0 Å². The highest BCUT2D eigenvalue weighted by Gasteiger charge is 2.17. The molecule has 100 valence electrons. The predicted octanol–water partition coefficient (Wildman–Crippen LogP) is 3.25. The SMILES string of the molecule is CCCC/C=C(\C(=O)OC(C)C)c1csc(N)n1. The van der Waals surface area contributed by atoms with Crippen molar-refractivity contribution in [3.05, 3.63) is 17.2 Å². The number of ether oxygens (including phenoxy) is 1. The molecular formula is C13H20N2O2S. The number of anilines is 1. The van der Waals surface area contributed by atoms with Crippen molar-refractivity contribution in [2.24, 2.45) is 0 Å². The van der Waals surface area contributed by atoms with E-state index in [-0.39, 0.29) is 12.1 Å². The molecule has 0 amide bonds. The Labute approximate surface area is 112 Å². The van der Waals surface area contributed by atoms with Crippen molar-refractivity contribution in [1.82, 2.24) is 4.98 Å². The van der Waals surface area contributed by atoms with Crippen LogP contribution in [0, 0.1) is 0 Å². The van der Waals surface area contributed by atoms with Crippen LogP contribution in [0.15, 0.2) is 11.5 Å². The summed E-state index contributed by atoms with van der Waals surface area (Å²) in [5.41, 5.74) is 6.73. The van der Waals surface area contributed by atoms with Gasteiger partial charge < -0.3 is 10.5 Å². The predicted molar refractivity (Wildman–Crippen MR) is 75.3 cm³/mol. The number of allylic oxidation sites excluding steroid dienone is 1. The molecule has 0 atom stereocenters. The Bertz CT molecular complexity index is 424. The standard InChI is InChI=1S/C13H20N2O2S/c1-4-5-6-7-10(12(16)17-9(2)3)11-8-18-13(14)15-11/h7-9H,4-6H2,1-3H3,(H2,14,15)/b10-7-. The Kier molecular flexibility index (Phi) is 5.85. The van der Waals surface area contributed by atoms with Gasteiger partial charge in [-0.2, -0.15) is 0 Å². The summed E-state index contributed by atoms with van der Waals surface area (Å²) in [4.78, 5) is 16.1. The lowest BCUT2D eigenvalue weighted by molar-refractivity contribution is -0.140. The molecular weight excluding hydrogens is 248 g/mol. The molecule has 0 aliphatic heterocycles. The number of unbranched alkanes of at least 4 members (excludes halogenated alkanes) is 2. The molecule has 0 saturated carbocycles. The van der Waals surface area contributed by atoms with Gasteiger partial charge >= 0.3 is 5.97 Å². The lowest BCUT2D eigenvalue weighted by Crippen LogP contribution is -2.13. The first-order valence-electron chi connectivity index (χ1n) is 6.17. The van der Waals surface area contributed by atoms with E-state index in [1.807, 2.05) is 19.9 Å². The summed E-state index contributed by atoms with van der Waals surface area (Å²) in [5, 5.41) is 2.25. The highest BCUT2D eigenvalue weighted by atomic mass is 32.1. The van der Waals surface area contributed by atoms with Crippen molar-refractivity contribution in [2.75, 3.05) is 5.73 Å². The molecule has 1 aromatic heterocycles. The highest BCUT2D eigenvalue weighted by molar-refractivity contribution is 7.13. The van der Waals surface area contributed by atoms with Crippen molar-refractivity contribution in [1.29, 1.82) is 0 Å². The molecule has 1 heterocycles. The zero-order valence-electron chi connectivity index (χ0n) is 11.1. The first kappa shape index (κ1) is 14.7. The number of carbonyl (C=O) groups is 1. The molecule has 0 bridgehead atoms. The molecule has 4 nitrogen and oxygen atoms in total. The summed E-state index contributed by atoms with van der Waals surface area (Å²) >= 11 is 1.33. The summed E-state index contributed by atoms with van der Waals surface area (Å²) in [6, 6.07) is 0. The van der Waals surface area contributed by atoms with Gasteiger partial charge in [0.05, 0.1) is 17.4 Å². The van der Waals surface area contributed by atoms with E-state index in [0.29, 0.717) is 16.4 Å². The Balaban J connectivity index is 2.88. The van der Waals surface area contributed by atoms with Crippen LogP contribution in [-0.2, 0) is 9.53 Å². The molecule has 1 rings (SSSR count). The van der Waals surface area contributed by atoms with Crippen LogP contribution in [0.2, 0.25) is 0 Å². The molecule has 0 aliphatic rings. The molecule has 1 aromatic rings. The Morgan fingerprint density at radius 3 is 2.83 bits per heavy atom. The number of aromatic nitrogens is 1. The monoisotopic (exact) mass is 268 g/mol. The lowest BCUT2D eigenvalue weighted by atomic mass is 10.1. The highest BCUT2D eigenvalue weighted by Crippen LogP contribution is 2.22. The number of rotatable bonds is 6. The van der Waals surface area contributed by atoms with E-state index in [1.165, 1.54) is 11.3 Å². The minimum atomic E-state index is -0.327. The maximum atomic E-state index is 12.0. The minimum Gasteiger partial charge on any atom is -0.459 e. The number of nitrogen functional groups attached to an aromatic ring is 1. The van der Waals surface area contributed by atoms with E-state index in [0.717, 1.165) is 19.3 Å². The Hall–Kier alpha value is -1.36. The molecule has 0 aromatic carbocycles. The van der Waals surface area contributed by atoms with Crippen LogP contribution < -0.4 is 5.73 Å². The van der Waals surface area contributed by atoms with E-state index in [2.05, 4.69) is 11.9 Å². The average molecular weight is 268 g/mol. The number of nitrogens with zero attached hydrogens (tertiary/aromatic N) is 1. The Morgan fingerprint density at radius 1 is 1.61 bits per heavy atom. The second-order valence-corrected chi connectivity index (χ2v) is 5.17. The topological polar surface area (TPSA) is 65.2 Å². The van der Waals surface area contributed by atoms with Gasteiger partial charge in [-0.05, 0) is 20.3 Å². The van der Waals surface area contributed by atoms with Crippen molar-refractivity contribution < 1.29 is 9.53 Å². The summed E-state index contributed by atoms with van der Waals surface area (Å²) in [6.45, 7) is 5.77. The molecule has 0 unspecified atom stereocenters. The van der Waals surface area contributed by atoms with E-state index in [9.17, 15) is 4.79 Å². The van der Waals surface area contributed by atoms with Crippen molar-refractivity contribution in [2.45, 2.75) is 46.1 Å². The number of hydrogen-bond donors (Lipinski definition) is 1.